The number of aromatic hydroxyl groups is 1. The van der Waals surface area contributed by atoms with Gasteiger partial charge in [0.25, 0.3) is 0 Å². The molecule has 0 saturated heterocycles. The van der Waals surface area contributed by atoms with E-state index in [2.05, 4.69) is 16.0 Å². The maximum Gasteiger partial charge on any atom is 0.326 e. The first-order valence-electron chi connectivity index (χ1n) is 11.5. The van der Waals surface area contributed by atoms with E-state index in [0.29, 0.717) is 11.3 Å². The molecule has 0 heterocycles. The summed E-state index contributed by atoms with van der Waals surface area (Å²) >= 11 is 1.35. The van der Waals surface area contributed by atoms with Crippen molar-refractivity contribution >= 4 is 47.3 Å². The van der Waals surface area contributed by atoms with Crippen LogP contribution < -0.4 is 27.4 Å². The van der Waals surface area contributed by atoms with Crippen molar-refractivity contribution in [3.8, 4) is 5.75 Å². The summed E-state index contributed by atoms with van der Waals surface area (Å²) < 4.78 is 0. The lowest BCUT2D eigenvalue weighted by atomic mass is 10.0. The van der Waals surface area contributed by atoms with Crippen LogP contribution in [0.3, 0.4) is 0 Å². The second-order valence-electron chi connectivity index (χ2n) is 8.38. The normalized spacial score (nSPS) is 13.8. The summed E-state index contributed by atoms with van der Waals surface area (Å²) in [4.78, 5) is 72.1. The monoisotopic (exact) mass is 555 g/mol. The van der Waals surface area contributed by atoms with Crippen LogP contribution in [0.1, 0.15) is 31.2 Å². The quantitative estimate of drug-likeness (QED) is 0.107. The Bertz CT molecular complexity index is 1010. The topological polar surface area (TPSA) is 251 Å². The Balaban J connectivity index is 2.99. The number of hydrogen-bond donors (Lipinski definition) is 8. The molecule has 0 bridgehead atoms. The third-order valence-corrected chi connectivity index (χ3v) is 5.92. The number of phenols is 1. The number of benzene rings is 1. The molecule has 38 heavy (non-hydrogen) atoms. The second-order valence-corrected chi connectivity index (χ2v) is 9.37. The molecule has 15 heteroatoms. The van der Waals surface area contributed by atoms with Crippen LogP contribution >= 0.6 is 11.8 Å². The summed E-state index contributed by atoms with van der Waals surface area (Å²) in [6.07, 6.45) is 0.425. The van der Waals surface area contributed by atoms with E-state index in [-0.39, 0.29) is 25.0 Å². The number of carboxylic acid groups (broad SMARTS) is 2. The molecule has 0 radical (unpaired) electrons. The molecule has 1 aromatic rings. The molecule has 210 valence electrons. The van der Waals surface area contributed by atoms with Crippen LogP contribution in [0.4, 0.5) is 0 Å². The van der Waals surface area contributed by atoms with Crippen molar-refractivity contribution in [1.82, 2.24) is 16.0 Å². The molecule has 0 fully saturated rings. The Hall–Kier alpha value is -3.85. The molecule has 0 aromatic heterocycles. The predicted octanol–water partition coefficient (Wildman–Crippen LogP) is -1.71. The minimum atomic E-state index is -1.62. The summed E-state index contributed by atoms with van der Waals surface area (Å²) in [6.45, 7) is 0. The van der Waals surface area contributed by atoms with Gasteiger partial charge in [0.05, 0.1) is 12.5 Å². The molecule has 0 aliphatic carbocycles. The van der Waals surface area contributed by atoms with Crippen molar-refractivity contribution in [3.63, 3.8) is 0 Å². The number of hydrogen-bond acceptors (Lipinski definition) is 9. The molecular formula is C23H33N5O9S. The number of nitrogens with two attached hydrogens (primary N) is 2. The number of carbonyl (C=O) groups excluding carboxylic acids is 4. The van der Waals surface area contributed by atoms with Crippen LogP contribution in [-0.2, 0) is 35.2 Å². The average molecular weight is 556 g/mol. The largest absolute Gasteiger partial charge is 0.508 e. The number of carboxylic acids is 2. The van der Waals surface area contributed by atoms with E-state index in [1.54, 1.807) is 18.4 Å². The van der Waals surface area contributed by atoms with E-state index >= 15 is 0 Å². The molecule has 0 aliphatic heterocycles. The number of amides is 4. The molecular weight excluding hydrogens is 522 g/mol. The van der Waals surface area contributed by atoms with Crippen molar-refractivity contribution in [1.29, 1.82) is 0 Å². The van der Waals surface area contributed by atoms with Crippen LogP contribution in [-0.4, -0.2) is 87.1 Å². The summed E-state index contributed by atoms with van der Waals surface area (Å²) in [6, 6.07) is 0.620. The SMILES string of the molecule is CSCCC(NC(=O)C(CCC(=O)O)NC(=O)C(N)Cc1ccc(O)cc1)C(=O)NC(CC(N)=O)C(=O)O. The van der Waals surface area contributed by atoms with Crippen molar-refractivity contribution in [2.75, 3.05) is 12.0 Å². The van der Waals surface area contributed by atoms with E-state index in [0.717, 1.165) is 0 Å². The number of phenolic OH excluding ortho intramolecular Hbond substituents is 1. The third-order valence-electron chi connectivity index (χ3n) is 5.27. The van der Waals surface area contributed by atoms with Gasteiger partial charge < -0.3 is 42.7 Å². The zero-order valence-corrected chi connectivity index (χ0v) is 21.5. The van der Waals surface area contributed by atoms with Gasteiger partial charge in [-0.25, -0.2) is 4.79 Å². The Morgan fingerprint density at radius 1 is 0.868 bits per heavy atom. The number of carbonyl (C=O) groups is 6. The van der Waals surface area contributed by atoms with Crippen molar-refractivity contribution in [3.05, 3.63) is 29.8 Å². The van der Waals surface area contributed by atoms with E-state index in [4.69, 9.17) is 16.6 Å². The van der Waals surface area contributed by atoms with E-state index in [1.807, 2.05) is 0 Å². The average Bonchev–Trinajstić information content (AvgIpc) is 2.84. The van der Waals surface area contributed by atoms with Gasteiger partial charge in [0.2, 0.25) is 23.6 Å². The molecule has 1 aromatic carbocycles. The molecule has 4 atom stereocenters. The summed E-state index contributed by atoms with van der Waals surface area (Å²) in [5.41, 5.74) is 11.6. The lowest BCUT2D eigenvalue weighted by Gasteiger charge is -2.25. The van der Waals surface area contributed by atoms with Gasteiger partial charge in [0, 0.05) is 6.42 Å². The van der Waals surface area contributed by atoms with Crippen LogP contribution in [0, 0.1) is 0 Å². The van der Waals surface area contributed by atoms with Gasteiger partial charge in [-0.3, -0.25) is 24.0 Å². The number of aliphatic carboxylic acids is 2. The zero-order chi connectivity index (χ0) is 28.8. The number of rotatable bonds is 17. The summed E-state index contributed by atoms with van der Waals surface area (Å²) in [5.74, 6) is -5.78. The lowest BCUT2D eigenvalue weighted by molar-refractivity contribution is -0.143. The van der Waals surface area contributed by atoms with Gasteiger partial charge in [-0.15, -0.1) is 0 Å². The lowest BCUT2D eigenvalue weighted by Crippen LogP contribution is -2.57. The first kappa shape index (κ1) is 32.2. The highest BCUT2D eigenvalue weighted by Crippen LogP contribution is 2.11. The van der Waals surface area contributed by atoms with Gasteiger partial charge in [0.1, 0.15) is 23.9 Å². The van der Waals surface area contributed by atoms with Gasteiger partial charge in [-0.05, 0) is 49.0 Å². The maximum atomic E-state index is 13.0. The van der Waals surface area contributed by atoms with E-state index < -0.39 is 72.6 Å². The minimum Gasteiger partial charge on any atom is -0.508 e. The fraction of sp³-hybridized carbons (Fsp3) is 0.478. The fourth-order valence-corrected chi connectivity index (χ4v) is 3.72. The first-order valence-corrected chi connectivity index (χ1v) is 12.9. The van der Waals surface area contributed by atoms with Crippen LogP contribution in [0.15, 0.2) is 24.3 Å². The molecule has 10 N–H and O–H groups in total. The van der Waals surface area contributed by atoms with Crippen LogP contribution in [0.2, 0.25) is 0 Å². The van der Waals surface area contributed by atoms with Crippen LogP contribution in [0.25, 0.3) is 0 Å². The highest BCUT2D eigenvalue weighted by atomic mass is 32.2. The third kappa shape index (κ3) is 11.9. The Morgan fingerprint density at radius 3 is 1.89 bits per heavy atom. The molecule has 0 saturated carbocycles. The molecule has 4 unspecified atom stereocenters. The second kappa shape index (κ2) is 16.1. The zero-order valence-electron chi connectivity index (χ0n) is 20.7. The molecule has 14 nitrogen and oxygen atoms in total. The molecule has 0 aliphatic rings. The molecule has 4 amide bonds. The first-order chi connectivity index (χ1) is 17.8. The van der Waals surface area contributed by atoms with Gasteiger partial charge in [-0.1, -0.05) is 12.1 Å². The Labute approximate surface area is 222 Å². The van der Waals surface area contributed by atoms with Gasteiger partial charge >= 0.3 is 11.9 Å². The van der Waals surface area contributed by atoms with Crippen molar-refractivity contribution in [2.24, 2.45) is 11.5 Å². The van der Waals surface area contributed by atoms with E-state index in [1.165, 1.54) is 23.9 Å². The maximum absolute atomic E-state index is 13.0. The smallest absolute Gasteiger partial charge is 0.326 e. The Morgan fingerprint density at radius 2 is 1.39 bits per heavy atom. The number of nitrogens with one attached hydrogen (secondary N) is 3. The van der Waals surface area contributed by atoms with Crippen molar-refractivity contribution < 1.29 is 44.1 Å². The number of thioether (sulfide) groups is 1. The standard InChI is InChI=1S/C23H33N5O9S/c1-38-9-8-16(22(35)28-17(23(36)37)11-18(25)30)27-21(34)15(6-7-19(31)32)26-20(33)14(24)10-12-2-4-13(29)5-3-12/h2-5,14-17,29H,6-11,24H2,1H3,(H2,25,30)(H,26,33)(H,27,34)(H,28,35)(H,31,32)(H,36,37). The molecule has 1 rings (SSSR count). The Kier molecular flexibility index (Phi) is 13.6. The van der Waals surface area contributed by atoms with E-state index in [9.17, 15) is 39.0 Å². The number of primary amides is 1. The van der Waals surface area contributed by atoms with Gasteiger partial charge in [-0.2, -0.15) is 11.8 Å². The van der Waals surface area contributed by atoms with Crippen LogP contribution in [0.5, 0.6) is 5.75 Å². The highest BCUT2D eigenvalue weighted by molar-refractivity contribution is 7.98. The molecule has 0 spiro atoms. The van der Waals surface area contributed by atoms with Crippen molar-refractivity contribution in [2.45, 2.75) is 56.3 Å². The van der Waals surface area contributed by atoms with Gasteiger partial charge in [0.15, 0.2) is 0 Å². The summed E-state index contributed by atoms with van der Waals surface area (Å²) in [7, 11) is 0. The predicted molar refractivity (Wildman–Crippen MR) is 137 cm³/mol. The fourth-order valence-electron chi connectivity index (χ4n) is 3.24. The minimum absolute atomic E-state index is 0.0292. The summed E-state index contributed by atoms with van der Waals surface area (Å²) in [5, 5.41) is 34.7. The highest BCUT2D eigenvalue weighted by Gasteiger charge is 2.31.